The lowest BCUT2D eigenvalue weighted by Gasteiger charge is -2.10. The Kier molecular flexibility index (Phi) is 6.66. The summed E-state index contributed by atoms with van der Waals surface area (Å²) >= 11 is 0. The normalized spacial score (nSPS) is 9.80. The molecule has 0 saturated heterocycles. The largest absolute Gasteiger partial charge is 0.493 e. The summed E-state index contributed by atoms with van der Waals surface area (Å²) in [6.07, 6.45) is 0.690. The first-order valence-corrected chi connectivity index (χ1v) is 7.88. The molecule has 0 fully saturated rings. The zero-order chi connectivity index (χ0) is 18.1. The van der Waals surface area contributed by atoms with Crippen molar-refractivity contribution >= 4 is 11.6 Å². The zero-order valence-electron chi connectivity index (χ0n) is 14.3. The molecule has 0 bridgehead atoms. The van der Waals surface area contributed by atoms with Crippen molar-refractivity contribution in [2.24, 2.45) is 0 Å². The number of hydrogen-bond donors (Lipinski definition) is 2. The van der Waals surface area contributed by atoms with Crippen molar-refractivity contribution in [1.82, 2.24) is 5.32 Å². The minimum Gasteiger partial charge on any atom is -0.493 e. The molecule has 0 unspecified atom stereocenters. The number of rotatable bonds is 8. The van der Waals surface area contributed by atoms with E-state index in [2.05, 4.69) is 16.7 Å². The van der Waals surface area contributed by atoms with Crippen LogP contribution in [0, 0.1) is 11.3 Å². The second-order valence-electron chi connectivity index (χ2n) is 5.34. The summed E-state index contributed by atoms with van der Waals surface area (Å²) in [6, 6.07) is 14.8. The van der Waals surface area contributed by atoms with Crippen LogP contribution in [0.2, 0.25) is 0 Å². The number of methoxy groups -OCH3 is 2. The number of carbonyl (C=O) groups is 1. The molecular formula is C19H21N3O3. The van der Waals surface area contributed by atoms with Crippen molar-refractivity contribution in [1.29, 1.82) is 5.26 Å². The van der Waals surface area contributed by atoms with Crippen LogP contribution in [0.25, 0.3) is 0 Å². The highest BCUT2D eigenvalue weighted by Crippen LogP contribution is 2.27. The van der Waals surface area contributed by atoms with Crippen molar-refractivity contribution in [2.75, 3.05) is 32.6 Å². The second-order valence-corrected chi connectivity index (χ2v) is 5.34. The fourth-order valence-electron chi connectivity index (χ4n) is 2.33. The van der Waals surface area contributed by atoms with E-state index in [0.29, 0.717) is 30.0 Å². The predicted molar refractivity (Wildman–Crippen MR) is 95.9 cm³/mol. The maximum absolute atomic E-state index is 11.9. The van der Waals surface area contributed by atoms with E-state index in [1.807, 2.05) is 24.3 Å². The molecule has 0 aliphatic rings. The molecule has 2 rings (SSSR count). The Hall–Kier alpha value is -3.20. The molecule has 0 aromatic heterocycles. The Morgan fingerprint density at radius 3 is 2.64 bits per heavy atom. The summed E-state index contributed by atoms with van der Waals surface area (Å²) in [5.74, 6) is 1.24. The van der Waals surface area contributed by atoms with E-state index in [1.54, 1.807) is 32.4 Å². The summed E-state index contributed by atoms with van der Waals surface area (Å²) in [5, 5.41) is 14.7. The Labute approximate surface area is 147 Å². The van der Waals surface area contributed by atoms with Crippen LogP contribution in [0.15, 0.2) is 42.5 Å². The Morgan fingerprint density at radius 2 is 1.92 bits per heavy atom. The number of nitriles is 1. The van der Waals surface area contributed by atoms with Gasteiger partial charge >= 0.3 is 0 Å². The van der Waals surface area contributed by atoms with Crippen LogP contribution >= 0.6 is 0 Å². The fraction of sp³-hybridized carbons (Fsp3) is 0.263. The van der Waals surface area contributed by atoms with Crippen LogP contribution in [0.3, 0.4) is 0 Å². The number of anilines is 1. The molecule has 0 saturated carbocycles. The summed E-state index contributed by atoms with van der Waals surface area (Å²) in [5.41, 5.74) is 2.35. The Balaban J connectivity index is 1.77. The third-order valence-corrected chi connectivity index (χ3v) is 3.63. The first-order chi connectivity index (χ1) is 12.2. The molecule has 2 aromatic rings. The highest BCUT2D eigenvalue weighted by Gasteiger charge is 2.06. The molecule has 0 radical (unpaired) electrons. The van der Waals surface area contributed by atoms with Gasteiger partial charge in [0.2, 0.25) is 5.91 Å². The summed E-state index contributed by atoms with van der Waals surface area (Å²) < 4.78 is 10.5. The molecule has 0 spiro atoms. The Bertz CT molecular complexity index is 769. The predicted octanol–water partition coefficient (Wildman–Crippen LogP) is 2.35. The lowest BCUT2D eigenvalue weighted by Crippen LogP contribution is -2.31. The van der Waals surface area contributed by atoms with Crippen molar-refractivity contribution in [3.8, 4) is 17.6 Å². The molecular weight excluding hydrogens is 318 g/mol. The number of nitrogens with one attached hydrogen (secondary N) is 2. The zero-order valence-corrected chi connectivity index (χ0v) is 14.3. The highest BCUT2D eigenvalue weighted by molar-refractivity contribution is 5.80. The highest BCUT2D eigenvalue weighted by atomic mass is 16.5. The van der Waals surface area contributed by atoms with Crippen molar-refractivity contribution in [3.05, 3.63) is 53.6 Å². The number of amides is 1. The van der Waals surface area contributed by atoms with Gasteiger partial charge in [-0.15, -0.1) is 0 Å². The van der Waals surface area contributed by atoms with Gasteiger partial charge in [-0.3, -0.25) is 4.79 Å². The van der Waals surface area contributed by atoms with Crippen LogP contribution in [-0.2, 0) is 11.2 Å². The SMILES string of the molecule is COc1ccc(CCNC(=O)CNc2cccc(C#N)c2)cc1OC. The number of hydrogen-bond acceptors (Lipinski definition) is 5. The average molecular weight is 339 g/mol. The van der Waals surface area contributed by atoms with E-state index in [9.17, 15) is 4.79 Å². The molecule has 2 N–H and O–H groups in total. The van der Waals surface area contributed by atoms with E-state index in [0.717, 1.165) is 11.3 Å². The topological polar surface area (TPSA) is 83.4 Å². The maximum Gasteiger partial charge on any atom is 0.239 e. The summed E-state index contributed by atoms with van der Waals surface area (Å²) in [7, 11) is 3.19. The molecule has 6 nitrogen and oxygen atoms in total. The van der Waals surface area contributed by atoms with Crippen molar-refractivity contribution in [3.63, 3.8) is 0 Å². The maximum atomic E-state index is 11.9. The van der Waals surface area contributed by atoms with Crippen molar-refractivity contribution < 1.29 is 14.3 Å². The molecule has 1 amide bonds. The molecule has 0 aliphatic heterocycles. The van der Waals surface area contributed by atoms with Gasteiger partial charge in [-0.1, -0.05) is 12.1 Å². The summed E-state index contributed by atoms with van der Waals surface area (Å²) in [4.78, 5) is 11.9. The third-order valence-electron chi connectivity index (χ3n) is 3.63. The van der Waals surface area contributed by atoms with Gasteiger partial charge in [-0.2, -0.15) is 5.26 Å². The van der Waals surface area contributed by atoms with E-state index in [-0.39, 0.29) is 12.5 Å². The number of benzene rings is 2. The minimum absolute atomic E-state index is 0.108. The smallest absolute Gasteiger partial charge is 0.239 e. The molecule has 2 aromatic carbocycles. The molecule has 6 heteroatoms. The van der Waals surface area contributed by atoms with Gasteiger partial charge in [0.25, 0.3) is 0 Å². The van der Waals surface area contributed by atoms with E-state index in [4.69, 9.17) is 14.7 Å². The van der Waals surface area contributed by atoms with Gasteiger partial charge in [0.15, 0.2) is 11.5 Å². The van der Waals surface area contributed by atoms with Crippen LogP contribution in [-0.4, -0.2) is 33.2 Å². The lowest BCUT2D eigenvalue weighted by molar-refractivity contribution is -0.119. The van der Waals surface area contributed by atoms with Gasteiger partial charge in [0.05, 0.1) is 32.4 Å². The van der Waals surface area contributed by atoms with Gasteiger partial charge in [-0.05, 0) is 42.3 Å². The van der Waals surface area contributed by atoms with Crippen molar-refractivity contribution in [2.45, 2.75) is 6.42 Å². The molecule has 0 aliphatic carbocycles. The van der Waals surface area contributed by atoms with Crippen LogP contribution in [0.1, 0.15) is 11.1 Å². The number of carbonyl (C=O) groups excluding carboxylic acids is 1. The lowest BCUT2D eigenvalue weighted by atomic mass is 10.1. The fourth-order valence-corrected chi connectivity index (χ4v) is 2.33. The van der Waals surface area contributed by atoms with E-state index >= 15 is 0 Å². The quantitative estimate of drug-likeness (QED) is 0.771. The standard InChI is InChI=1S/C19H21N3O3/c1-24-17-7-6-14(11-18(17)25-2)8-9-21-19(23)13-22-16-5-3-4-15(10-16)12-20/h3-7,10-11,22H,8-9,13H2,1-2H3,(H,21,23). The monoisotopic (exact) mass is 339 g/mol. The molecule has 0 atom stereocenters. The van der Waals surface area contributed by atoms with Gasteiger partial charge in [-0.25, -0.2) is 0 Å². The van der Waals surface area contributed by atoms with E-state index < -0.39 is 0 Å². The third kappa shape index (κ3) is 5.43. The average Bonchev–Trinajstić information content (AvgIpc) is 2.66. The second kappa shape index (κ2) is 9.18. The number of ether oxygens (including phenoxy) is 2. The van der Waals surface area contributed by atoms with Crippen LogP contribution in [0.4, 0.5) is 5.69 Å². The molecule has 130 valence electrons. The van der Waals surface area contributed by atoms with Crippen LogP contribution in [0.5, 0.6) is 11.5 Å². The van der Waals surface area contributed by atoms with Gasteiger partial charge in [0.1, 0.15) is 0 Å². The van der Waals surface area contributed by atoms with E-state index in [1.165, 1.54) is 0 Å². The summed E-state index contributed by atoms with van der Waals surface area (Å²) in [6.45, 7) is 0.676. The molecule has 25 heavy (non-hydrogen) atoms. The van der Waals surface area contributed by atoms with Gasteiger partial charge in [0, 0.05) is 12.2 Å². The molecule has 0 heterocycles. The minimum atomic E-state index is -0.108. The van der Waals surface area contributed by atoms with Gasteiger partial charge < -0.3 is 20.1 Å². The van der Waals surface area contributed by atoms with Crippen LogP contribution < -0.4 is 20.1 Å². The number of nitrogens with zero attached hydrogens (tertiary/aromatic N) is 1. The first-order valence-electron chi connectivity index (χ1n) is 7.88. The Morgan fingerprint density at radius 1 is 1.12 bits per heavy atom. The first kappa shape index (κ1) is 18.1.